The SMILES string of the molecule is NC(=Nc1ccc(Br)c(C(F)(F)F)c1)c1ccccc1. The Morgan fingerprint density at radius 3 is 2.30 bits per heavy atom. The summed E-state index contributed by atoms with van der Waals surface area (Å²) in [5, 5.41) is 0. The molecule has 0 atom stereocenters. The van der Waals surface area contributed by atoms with Crippen molar-refractivity contribution < 1.29 is 13.2 Å². The quantitative estimate of drug-likeness (QED) is 0.633. The zero-order valence-electron chi connectivity index (χ0n) is 10.2. The van der Waals surface area contributed by atoms with Crippen molar-refractivity contribution in [2.75, 3.05) is 0 Å². The van der Waals surface area contributed by atoms with Crippen molar-refractivity contribution in [1.82, 2.24) is 0 Å². The summed E-state index contributed by atoms with van der Waals surface area (Å²) in [6, 6.07) is 12.6. The summed E-state index contributed by atoms with van der Waals surface area (Å²) in [6.07, 6.45) is -4.44. The second-order valence-corrected chi connectivity index (χ2v) is 4.88. The van der Waals surface area contributed by atoms with Crippen molar-refractivity contribution in [2.24, 2.45) is 10.7 Å². The van der Waals surface area contributed by atoms with E-state index in [1.165, 1.54) is 12.1 Å². The lowest BCUT2D eigenvalue weighted by Gasteiger charge is -2.09. The summed E-state index contributed by atoms with van der Waals surface area (Å²) in [4.78, 5) is 4.02. The Bertz CT molecular complexity index is 637. The molecule has 0 aliphatic carbocycles. The van der Waals surface area contributed by atoms with Crippen LogP contribution in [0.25, 0.3) is 0 Å². The predicted octanol–water partition coefficient (Wildman–Crippen LogP) is 4.50. The van der Waals surface area contributed by atoms with Crippen molar-refractivity contribution in [1.29, 1.82) is 0 Å². The van der Waals surface area contributed by atoms with Crippen LogP contribution in [0.15, 0.2) is 58.0 Å². The summed E-state index contributed by atoms with van der Waals surface area (Å²) < 4.78 is 38.3. The third-order valence-electron chi connectivity index (χ3n) is 2.57. The molecule has 0 heterocycles. The van der Waals surface area contributed by atoms with Gasteiger partial charge in [0.25, 0.3) is 0 Å². The zero-order chi connectivity index (χ0) is 14.8. The number of hydrogen-bond donors (Lipinski definition) is 1. The highest BCUT2D eigenvalue weighted by Gasteiger charge is 2.33. The van der Waals surface area contributed by atoms with E-state index in [-0.39, 0.29) is 16.0 Å². The van der Waals surface area contributed by atoms with Crippen LogP contribution in [0, 0.1) is 0 Å². The van der Waals surface area contributed by atoms with Crippen molar-refractivity contribution in [3.05, 3.63) is 64.1 Å². The zero-order valence-corrected chi connectivity index (χ0v) is 11.7. The van der Waals surface area contributed by atoms with Crippen LogP contribution in [0.5, 0.6) is 0 Å². The Hall–Kier alpha value is -1.82. The van der Waals surface area contributed by atoms with Gasteiger partial charge >= 0.3 is 6.18 Å². The number of nitrogens with zero attached hydrogens (tertiary/aromatic N) is 1. The predicted molar refractivity (Wildman–Crippen MR) is 76.0 cm³/mol. The van der Waals surface area contributed by atoms with Crippen molar-refractivity contribution in [3.8, 4) is 0 Å². The monoisotopic (exact) mass is 342 g/mol. The van der Waals surface area contributed by atoms with Gasteiger partial charge in [0.1, 0.15) is 5.84 Å². The van der Waals surface area contributed by atoms with Crippen LogP contribution in [0.3, 0.4) is 0 Å². The molecular weight excluding hydrogens is 333 g/mol. The average molecular weight is 343 g/mol. The van der Waals surface area contributed by atoms with Crippen LogP contribution < -0.4 is 5.73 Å². The van der Waals surface area contributed by atoms with Crippen LogP contribution >= 0.6 is 15.9 Å². The molecule has 6 heteroatoms. The molecule has 2 rings (SSSR count). The molecule has 2 aromatic carbocycles. The molecule has 0 bridgehead atoms. The minimum Gasteiger partial charge on any atom is -0.383 e. The van der Waals surface area contributed by atoms with Crippen LogP contribution in [-0.4, -0.2) is 5.84 Å². The Labute approximate surface area is 122 Å². The van der Waals surface area contributed by atoms with Crippen molar-refractivity contribution in [3.63, 3.8) is 0 Å². The van der Waals surface area contributed by atoms with Gasteiger partial charge in [-0.1, -0.05) is 46.3 Å². The molecule has 0 saturated carbocycles. The van der Waals surface area contributed by atoms with Crippen LogP contribution in [0.2, 0.25) is 0 Å². The molecule has 0 aliphatic rings. The number of halogens is 4. The number of hydrogen-bond acceptors (Lipinski definition) is 1. The summed E-state index contributed by atoms with van der Waals surface area (Å²) in [6.45, 7) is 0. The molecule has 104 valence electrons. The Balaban J connectivity index is 2.40. The Morgan fingerprint density at radius 1 is 1.05 bits per heavy atom. The van der Waals surface area contributed by atoms with E-state index in [0.717, 1.165) is 6.07 Å². The second-order valence-electron chi connectivity index (χ2n) is 4.02. The van der Waals surface area contributed by atoms with Gasteiger partial charge in [0.05, 0.1) is 11.3 Å². The topological polar surface area (TPSA) is 38.4 Å². The van der Waals surface area contributed by atoms with E-state index in [1.54, 1.807) is 24.3 Å². The Morgan fingerprint density at radius 2 is 1.70 bits per heavy atom. The van der Waals surface area contributed by atoms with E-state index in [4.69, 9.17) is 5.73 Å². The molecule has 20 heavy (non-hydrogen) atoms. The molecule has 2 N–H and O–H groups in total. The minimum atomic E-state index is -4.44. The van der Waals surface area contributed by atoms with E-state index in [0.29, 0.717) is 5.56 Å². The lowest BCUT2D eigenvalue weighted by atomic mass is 10.2. The normalized spacial score (nSPS) is 12.5. The highest BCUT2D eigenvalue weighted by molar-refractivity contribution is 9.10. The number of alkyl halides is 3. The first-order valence-corrected chi connectivity index (χ1v) is 6.43. The van der Waals surface area contributed by atoms with E-state index < -0.39 is 11.7 Å². The van der Waals surface area contributed by atoms with Crippen LogP contribution in [0.4, 0.5) is 18.9 Å². The molecule has 0 unspecified atom stereocenters. The summed E-state index contributed by atoms with van der Waals surface area (Å²) in [5.41, 5.74) is 5.81. The fraction of sp³-hybridized carbons (Fsp3) is 0.0714. The number of rotatable bonds is 2. The molecule has 2 nitrogen and oxygen atoms in total. The Kier molecular flexibility index (Phi) is 4.13. The van der Waals surface area contributed by atoms with Gasteiger partial charge in [0.15, 0.2) is 0 Å². The minimum absolute atomic E-state index is 0.0257. The van der Waals surface area contributed by atoms with E-state index >= 15 is 0 Å². The molecule has 0 aliphatic heterocycles. The van der Waals surface area contributed by atoms with Gasteiger partial charge in [-0.3, -0.25) is 0 Å². The smallest absolute Gasteiger partial charge is 0.383 e. The van der Waals surface area contributed by atoms with Crippen molar-refractivity contribution >= 4 is 27.5 Å². The molecule has 0 aromatic heterocycles. The molecular formula is C14H10BrF3N2. The highest BCUT2D eigenvalue weighted by atomic mass is 79.9. The van der Waals surface area contributed by atoms with E-state index in [1.807, 2.05) is 6.07 Å². The average Bonchev–Trinajstić information content (AvgIpc) is 2.40. The van der Waals surface area contributed by atoms with Gasteiger partial charge in [-0.2, -0.15) is 13.2 Å². The first-order valence-electron chi connectivity index (χ1n) is 5.64. The number of aliphatic imine (C=N–C) groups is 1. The number of benzene rings is 2. The van der Waals surface area contributed by atoms with Gasteiger partial charge in [-0.05, 0) is 18.2 Å². The van der Waals surface area contributed by atoms with Gasteiger partial charge in [0.2, 0.25) is 0 Å². The summed E-state index contributed by atoms with van der Waals surface area (Å²) in [5.74, 6) is 0.168. The van der Waals surface area contributed by atoms with Crippen LogP contribution in [0.1, 0.15) is 11.1 Å². The lowest BCUT2D eigenvalue weighted by Crippen LogP contribution is -2.12. The van der Waals surface area contributed by atoms with E-state index in [9.17, 15) is 13.2 Å². The molecule has 2 aromatic rings. The highest BCUT2D eigenvalue weighted by Crippen LogP contribution is 2.36. The van der Waals surface area contributed by atoms with Gasteiger partial charge in [-0.15, -0.1) is 0 Å². The fourth-order valence-electron chi connectivity index (χ4n) is 1.61. The van der Waals surface area contributed by atoms with Crippen LogP contribution in [-0.2, 0) is 6.18 Å². The maximum Gasteiger partial charge on any atom is 0.417 e. The summed E-state index contributed by atoms with van der Waals surface area (Å²) >= 11 is 2.88. The third-order valence-corrected chi connectivity index (χ3v) is 3.27. The second kappa shape index (κ2) is 5.66. The first kappa shape index (κ1) is 14.6. The summed E-state index contributed by atoms with van der Waals surface area (Å²) in [7, 11) is 0. The van der Waals surface area contributed by atoms with Gasteiger partial charge < -0.3 is 5.73 Å². The molecule has 0 fully saturated rings. The molecule has 0 radical (unpaired) electrons. The number of amidine groups is 1. The van der Waals surface area contributed by atoms with Gasteiger partial charge in [0, 0.05) is 10.0 Å². The third kappa shape index (κ3) is 3.39. The largest absolute Gasteiger partial charge is 0.417 e. The van der Waals surface area contributed by atoms with Crippen molar-refractivity contribution in [2.45, 2.75) is 6.18 Å². The first-order chi connectivity index (χ1) is 9.38. The maximum absolute atomic E-state index is 12.8. The maximum atomic E-state index is 12.8. The molecule has 0 amide bonds. The molecule has 0 saturated heterocycles. The molecule has 0 spiro atoms. The standard InChI is InChI=1S/C14H10BrF3N2/c15-12-7-6-10(8-11(12)14(16,17)18)20-13(19)9-4-2-1-3-5-9/h1-8H,(H2,19,20). The lowest BCUT2D eigenvalue weighted by molar-refractivity contribution is -0.138. The van der Waals surface area contributed by atoms with Gasteiger partial charge in [-0.25, -0.2) is 4.99 Å². The fourth-order valence-corrected chi connectivity index (χ4v) is 2.08. The van der Waals surface area contributed by atoms with E-state index in [2.05, 4.69) is 20.9 Å². The number of nitrogens with two attached hydrogens (primary N) is 1.